The minimum atomic E-state index is -1.26. The summed E-state index contributed by atoms with van der Waals surface area (Å²) < 4.78 is 5.59. The van der Waals surface area contributed by atoms with E-state index in [9.17, 15) is 14.4 Å². The molecular formula is C20H26ClN3O6. The first-order valence-corrected chi connectivity index (χ1v) is 10.0. The average molecular weight is 440 g/mol. The van der Waals surface area contributed by atoms with E-state index in [1.165, 1.54) is 6.42 Å². The maximum atomic E-state index is 12.5. The standard InChI is InChI=1S/C16H22ClN3O2.C4H4O4/c1-2-20-6-3-4-10(20)9-19-16(21)12-8-13(17)14(18)11-5-7-22-15(11)12;5-3(6)1-2-4(7)8/h8,10H,2-7,9,18H2,1H3,(H,19,21);1-2H,(H,5,6)(H,7,8). The predicted molar refractivity (Wildman–Crippen MR) is 112 cm³/mol. The number of anilines is 1. The van der Waals surface area contributed by atoms with Crippen molar-refractivity contribution in [2.45, 2.75) is 32.2 Å². The Hall–Kier alpha value is -2.78. The van der Waals surface area contributed by atoms with Gasteiger partial charge in [0.25, 0.3) is 5.91 Å². The summed E-state index contributed by atoms with van der Waals surface area (Å²) in [5.41, 5.74) is 7.84. The smallest absolute Gasteiger partial charge is 0.328 e. The van der Waals surface area contributed by atoms with E-state index >= 15 is 0 Å². The zero-order valence-electron chi connectivity index (χ0n) is 16.7. The number of nitrogens with one attached hydrogen (secondary N) is 1. The zero-order chi connectivity index (χ0) is 22.3. The van der Waals surface area contributed by atoms with Gasteiger partial charge in [-0.1, -0.05) is 18.5 Å². The molecule has 0 saturated carbocycles. The molecule has 0 spiro atoms. The van der Waals surface area contributed by atoms with Crippen molar-refractivity contribution in [2.24, 2.45) is 0 Å². The molecule has 9 nitrogen and oxygen atoms in total. The number of ether oxygens (including phenoxy) is 1. The fraction of sp³-hybridized carbons (Fsp3) is 0.450. The van der Waals surface area contributed by atoms with Gasteiger partial charge in [0, 0.05) is 36.7 Å². The molecule has 0 aliphatic carbocycles. The van der Waals surface area contributed by atoms with Crippen LogP contribution in [0.4, 0.5) is 5.69 Å². The Morgan fingerprint density at radius 1 is 1.33 bits per heavy atom. The lowest BCUT2D eigenvalue weighted by Gasteiger charge is -2.23. The van der Waals surface area contributed by atoms with E-state index in [-0.39, 0.29) is 5.91 Å². The number of carbonyl (C=O) groups excluding carboxylic acids is 1. The third kappa shape index (κ3) is 6.11. The van der Waals surface area contributed by atoms with Crippen LogP contribution in [0.2, 0.25) is 5.02 Å². The Labute approximate surface area is 179 Å². The van der Waals surface area contributed by atoms with Crippen molar-refractivity contribution in [3.8, 4) is 5.75 Å². The van der Waals surface area contributed by atoms with Gasteiger partial charge in [-0.3, -0.25) is 9.69 Å². The van der Waals surface area contributed by atoms with Crippen molar-refractivity contribution >= 4 is 35.1 Å². The van der Waals surface area contributed by atoms with Crippen molar-refractivity contribution in [1.82, 2.24) is 10.2 Å². The zero-order valence-corrected chi connectivity index (χ0v) is 17.4. The Bertz CT molecular complexity index is 826. The molecule has 30 heavy (non-hydrogen) atoms. The van der Waals surface area contributed by atoms with Crippen molar-refractivity contribution in [3.63, 3.8) is 0 Å². The summed E-state index contributed by atoms with van der Waals surface area (Å²) in [7, 11) is 0. The van der Waals surface area contributed by atoms with Gasteiger partial charge in [-0.25, -0.2) is 9.59 Å². The SMILES string of the molecule is CCN1CCCC1CNC(=O)c1cc(Cl)c(N)c2c1OCC2.O=C(O)C=CC(=O)O. The molecule has 5 N–H and O–H groups in total. The monoisotopic (exact) mass is 439 g/mol. The summed E-state index contributed by atoms with van der Waals surface area (Å²) in [6, 6.07) is 2.04. The van der Waals surface area contributed by atoms with E-state index in [2.05, 4.69) is 17.1 Å². The number of nitrogens with two attached hydrogens (primary N) is 1. The first-order valence-electron chi connectivity index (χ1n) is 9.64. The maximum Gasteiger partial charge on any atom is 0.328 e. The molecule has 164 valence electrons. The van der Waals surface area contributed by atoms with E-state index in [0.29, 0.717) is 59.8 Å². The van der Waals surface area contributed by atoms with Crippen LogP contribution in [0.5, 0.6) is 5.75 Å². The minimum absolute atomic E-state index is 0.136. The van der Waals surface area contributed by atoms with Crippen LogP contribution in [-0.4, -0.2) is 65.2 Å². The first-order chi connectivity index (χ1) is 14.2. The van der Waals surface area contributed by atoms with E-state index in [1.54, 1.807) is 6.07 Å². The first kappa shape index (κ1) is 23.5. The van der Waals surface area contributed by atoms with Crippen LogP contribution in [0.3, 0.4) is 0 Å². The number of carbonyl (C=O) groups is 3. The van der Waals surface area contributed by atoms with Crippen LogP contribution in [0, 0.1) is 0 Å². The number of halogens is 1. The summed E-state index contributed by atoms with van der Waals surface area (Å²) in [6.45, 7) is 5.49. The molecular weight excluding hydrogens is 414 g/mol. The summed E-state index contributed by atoms with van der Waals surface area (Å²) in [4.78, 5) is 34.0. The molecule has 2 aliphatic rings. The number of aliphatic carboxylic acids is 2. The summed E-state index contributed by atoms with van der Waals surface area (Å²) >= 11 is 6.15. The topological polar surface area (TPSA) is 142 Å². The van der Waals surface area contributed by atoms with Crippen LogP contribution in [0.1, 0.15) is 35.7 Å². The molecule has 1 amide bonds. The highest BCUT2D eigenvalue weighted by atomic mass is 35.5. The number of hydrogen-bond acceptors (Lipinski definition) is 6. The van der Waals surface area contributed by atoms with E-state index in [1.807, 2.05) is 0 Å². The highest BCUT2D eigenvalue weighted by Gasteiger charge is 2.27. The lowest BCUT2D eigenvalue weighted by atomic mass is 10.0. The molecule has 1 saturated heterocycles. The molecule has 1 atom stereocenters. The molecule has 2 heterocycles. The van der Waals surface area contributed by atoms with Gasteiger partial charge in [-0.2, -0.15) is 0 Å². The molecule has 1 aromatic carbocycles. The summed E-state index contributed by atoms with van der Waals surface area (Å²) in [6.07, 6.45) is 4.14. The third-order valence-corrected chi connectivity index (χ3v) is 5.30. The fourth-order valence-electron chi connectivity index (χ4n) is 3.53. The van der Waals surface area contributed by atoms with Gasteiger partial charge >= 0.3 is 11.9 Å². The fourth-order valence-corrected chi connectivity index (χ4v) is 3.75. The maximum absolute atomic E-state index is 12.5. The Morgan fingerprint density at radius 3 is 2.60 bits per heavy atom. The van der Waals surface area contributed by atoms with Gasteiger partial charge in [0.15, 0.2) is 0 Å². The van der Waals surface area contributed by atoms with Crippen molar-refractivity contribution in [3.05, 3.63) is 34.4 Å². The number of benzene rings is 1. The van der Waals surface area contributed by atoms with Crippen molar-refractivity contribution in [2.75, 3.05) is 32.0 Å². The van der Waals surface area contributed by atoms with Gasteiger partial charge in [-0.05, 0) is 32.0 Å². The summed E-state index contributed by atoms with van der Waals surface area (Å²) in [5, 5.41) is 19.1. The van der Waals surface area contributed by atoms with E-state index in [4.69, 9.17) is 32.3 Å². The number of nitrogens with zero attached hydrogens (tertiary/aromatic N) is 1. The van der Waals surface area contributed by atoms with Gasteiger partial charge in [0.2, 0.25) is 0 Å². The lowest BCUT2D eigenvalue weighted by Crippen LogP contribution is -2.40. The molecule has 0 bridgehead atoms. The van der Waals surface area contributed by atoms with Crippen molar-refractivity contribution < 1.29 is 29.3 Å². The number of hydrogen-bond donors (Lipinski definition) is 4. The number of amides is 1. The van der Waals surface area contributed by atoms with E-state index in [0.717, 1.165) is 25.1 Å². The van der Waals surface area contributed by atoms with Crippen LogP contribution >= 0.6 is 11.6 Å². The lowest BCUT2D eigenvalue weighted by molar-refractivity contribution is -0.134. The average Bonchev–Trinajstić information content (AvgIpc) is 3.37. The third-order valence-electron chi connectivity index (χ3n) is 4.99. The second kappa shape index (κ2) is 10.8. The normalized spacial score (nSPS) is 17.7. The number of nitrogen functional groups attached to an aromatic ring is 1. The number of carboxylic acid groups (broad SMARTS) is 2. The molecule has 1 fully saturated rings. The molecule has 3 rings (SSSR count). The number of likely N-dealkylation sites (tertiary alicyclic amines) is 1. The number of rotatable bonds is 6. The van der Waals surface area contributed by atoms with Crippen LogP contribution in [0.25, 0.3) is 0 Å². The van der Waals surface area contributed by atoms with E-state index < -0.39 is 11.9 Å². The van der Waals surface area contributed by atoms with Crippen LogP contribution < -0.4 is 15.8 Å². The Morgan fingerprint density at radius 2 is 2.00 bits per heavy atom. The summed E-state index contributed by atoms with van der Waals surface area (Å²) in [5.74, 6) is -2.05. The van der Waals surface area contributed by atoms with Crippen LogP contribution in [-0.2, 0) is 16.0 Å². The molecule has 2 aliphatic heterocycles. The Kier molecular flexibility index (Phi) is 8.49. The van der Waals surface area contributed by atoms with Gasteiger partial charge in [0.05, 0.1) is 22.9 Å². The second-order valence-corrected chi connectivity index (χ2v) is 7.28. The molecule has 0 aromatic heterocycles. The van der Waals surface area contributed by atoms with Crippen molar-refractivity contribution in [1.29, 1.82) is 0 Å². The number of likely N-dealkylation sites (N-methyl/N-ethyl adjacent to an activating group) is 1. The minimum Gasteiger partial charge on any atom is -0.492 e. The number of fused-ring (bicyclic) bond motifs is 1. The quantitative estimate of drug-likeness (QED) is 0.388. The predicted octanol–water partition coefficient (Wildman–Crippen LogP) is 1.78. The molecule has 10 heteroatoms. The number of carboxylic acids is 2. The molecule has 1 aromatic rings. The second-order valence-electron chi connectivity index (χ2n) is 6.87. The highest BCUT2D eigenvalue weighted by Crippen LogP contribution is 2.38. The van der Waals surface area contributed by atoms with Crippen LogP contribution in [0.15, 0.2) is 18.2 Å². The molecule has 0 radical (unpaired) electrons. The Balaban J connectivity index is 0.000000343. The van der Waals surface area contributed by atoms with Gasteiger partial charge in [-0.15, -0.1) is 0 Å². The van der Waals surface area contributed by atoms with Gasteiger partial charge < -0.3 is 26.0 Å². The van der Waals surface area contributed by atoms with Gasteiger partial charge in [0.1, 0.15) is 5.75 Å². The largest absolute Gasteiger partial charge is 0.492 e. The molecule has 1 unspecified atom stereocenters. The highest BCUT2D eigenvalue weighted by molar-refractivity contribution is 6.33.